The van der Waals surface area contributed by atoms with Crippen molar-refractivity contribution in [3.63, 3.8) is 0 Å². The van der Waals surface area contributed by atoms with Gasteiger partial charge in [0, 0.05) is 26.1 Å². The standard InChI is InChI=1S/C6H16NO2PS/c1-7(2)5-6-11-10(4,8)9-3/h5-6H2,1-4H3. The summed E-state index contributed by atoms with van der Waals surface area (Å²) in [5.74, 6) is 0.856. The number of hydrogen-bond donors (Lipinski definition) is 0. The van der Waals surface area contributed by atoms with Crippen LogP contribution in [0, 0.1) is 0 Å². The average Bonchev–Trinajstić information content (AvgIpc) is 1.87. The molecule has 5 heteroatoms. The zero-order valence-corrected chi connectivity index (χ0v) is 9.24. The summed E-state index contributed by atoms with van der Waals surface area (Å²) in [6.07, 6.45) is 0. The molecule has 0 N–H and O–H groups in total. The summed E-state index contributed by atoms with van der Waals surface area (Å²) < 4.78 is 16.1. The van der Waals surface area contributed by atoms with E-state index < -0.39 is 6.57 Å². The quantitative estimate of drug-likeness (QED) is 0.628. The molecule has 0 saturated heterocycles. The van der Waals surface area contributed by atoms with Gasteiger partial charge in [-0.2, -0.15) is 0 Å². The molecule has 0 aliphatic rings. The first-order valence-electron chi connectivity index (χ1n) is 3.40. The molecule has 0 aliphatic heterocycles. The molecule has 0 fully saturated rings. The molecular weight excluding hydrogens is 181 g/mol. The van der Waals surface area contributed by atoms with E-state index in [0.717, 1.165) is 12.3 Å². The highest BCUT2D eigenvalue weighted by Crippen LogP contribution is 2.55. The third kappa shape index (κ3) is 6.88. The Balaban J connectivity index is 3.46. The van der Waals surface area contributed by atoms with E-state index in [9.17, 15) is 4.57 Å². The lowest BCUT2D eigenvalue weighted by molar-refractivity contribution is 0.413. The first-order valence-corrected chi connectivity index (χ1v) is 7.07. The van der Waals surface area contributed by atoms with Crippen molar-refractivity contribution >= 4 is 18.0 Å². The van der Waals surface area contributed by atoms with Gasteiger partial charge in [-0.15, -0.1) is 0 Å². The molecule has 0 heterocycles. The molecule has 1 unspecified atom stereocenters. The van der Waals surface area contributed by atoms with Crippen molar-refractivity contribution in [2.24, 2.45) is 0 Å². The van der Waals surface area contributed by atoms with Gasteiger partial charge in [-0.05, 0) is 14.1 Å². The molecule has 0 radical (unpaired) electrons. The molecule has 68 valence electrons. The maximum atomic E-state index is 11.3. The summed E-state index contributed by atoms with van der Waals surface area (Å²) in [5, 5.41) is 0. The van der Waals surface area contributed by atoms with Crippen LogP contribution in [0.3, 0.4) is 0 Å². The zero-order chi connectivity index (χ0) is 8.91. The smallest absolute Gasteiger partial charge is 0.254 e. The van der Waals surface area contributed by atoms with Crippen molar-refractivity contribution in [1.82, 2.24) is 4.90 Å². The van der Waals surface area contributed by atoms with Crippen LogP contribution in [0.2, 0.25) is 0 Å². The van der Waals surface area contributed by atoms with Gasteiger partial charge < -0.3 is 9.42 Å². The predicted molar refractivity (Wildman–Crippen MR) is 51.6 cm³/mol. The van der Waals surface area contributed by atoms with Gasteiger partial charge in [0.15, 0.2) is 0 Å². The summed E-state index contributed by atoms with van der Waals surface area (Å²) in [6, 6.07) is 0. The van der Waals surface area contributed by atoms with Crippen LogP contribution in [0.15, 0.2) is 0 Å². The lowest BCUT2D eigenvalue weighted by Gasteiger charge is -2.12. The fourth-order valence-electron chi connectivity index (χ4n) is 0.442. The van der Waals surface area contributed by atoms with E-state index in [1.54, 1.807) is 6.66 Å². The maximum absolute atomic E-state index is 11.3. The lowest BCUT2D eigenvalue weighted by Crippen LogP contribution is -2.14. The van der Waals surface area contributed by atoms with Gasteiger partial charge in [0.25, 0.3) is 6.57 Å². The van der Waals surface area contributed by atoms with Crippen LogP contribution in [0.1, 0.15) is 0 Å². The third-order valence-electron chi connectivity index (χ3n) is 1.20. The second-order valence-corrected chi connectivity index (χ2v) is 7.93. The largest absolute Gasteiger partial charge is 0.325 e. The molecule has 0 rings (SSSR count). The maximum Gasteiger partial charge on any atom is 0.254 e. The van der Waals surface area contributed by atoms with Crippen LogP contribution >= 0.6 is 18.0 Å². The van der Waals surface area contributed by atoms with Gasteiger partial charge in [0.2, 0.25) is 0 Å². The van der Waals surface area contributed by atoms with Crippen molar-refractivity contribution in [2.45, 2.75) is 0 Å². The lowest BCUT2D eigenvalue weighted by atomic mass is 10.7. The summed E-state index contributed by atoms with van der Waals surface area (Å²) in [6.45, 7) is 0.243. The molecule has 0 amide bonds. The normalized spacial score (nSPS) is 16.8. The van der Waals surface area contributed by atoms with Crippen LogP contribution in [-0.2, 0) is 9.09 Å². The van der Waals surface area contributed by atoms with Gasteiger partial charge >= 0.3 is 0 Å². The highest BCUT2D eigenvalue weighted by Gasteiger charge is 2.13. The van der Waals surface area contributed by atoms with Crippen molar-refractivity contribution in [1.29, 1.82) is 0 Å². The van der Waals surface area contributed by atoms with Crippen molar-refractivity contribution < 1.29 is 9.09 Å². The van der Waals surface area contributed by atoms with E-state index in [4.69, 9.17) is 4.52 Å². The second-order valence-electron chi connectivity index (χ2n) is 2.59. The molecule has 0 spiro atoms. The Bertz CT molecular complexity index is 152. The van der Waals surface area contributed by atoms with Gasteiger partial charge in [0.05, 0.1) is 0 Å². The Morgan fingerprint density at radius 2 is 2.09 bits per heavy atom. The molecule has 1 atom stereocenters. The van der Waals surface area contributed by atoms with Crippen LogP contribution in [0.4, 0.5) is 0 Å². The Labute approximate surface area is 72.7 Å². The van der Waals surface area contributed by atoms with E-state index in [0.29, 0.717) is 0 Å². The highest BCUT2D eigenvalue weighted by atomic mass is 32.7. The van der Waals surface area contributed by atoms with E-state index >= 15 is 0 Å². The molecule has 11 heavy (non-hydrogen) atoms. The van der Waals surface area contributed by atoms with E-state index in [1.165, 1.54) is 18.5 Å². The van der Waals surface area contributed by atoms with Gasteiger partial charge in [-0.3, -0.25) is 4.57 Å². The number of nitrogens with zero attached hydrogens (tertiary/aromatic N) is 1. The van der Waals surface area contributed by atoms with E-state index in [-0.39, 0.29) is 0 Å². The number of hydrogen-bond acceptors (Lipinski definition) is 4. The molecule has 0 aromatic carbocycles. The fourth-order valence-corrected chi connectivity index (χ4v) is 2.88. The van der Waals surface area contributed by atoms with Crippen LogP contribution in [0.5, 0.6) is 0 Å². The highest BCUT2D eigenvalue weighted by molar-refractivity contribution is 8.56. The van der Waals surface area contributed by atoms with Gasteiger partial charge in [-0.1, -0.05) is 11.4 Å². The van der Waals surface area contributed by atoms with Crippen LogP contribution < -0.4 is 0 Å². The Morgan fingerprint density at radius 3 is 2.45 bits per heavy atom. The summed E-state index contributed by atoms with van der Waals surface area (Å²) in [7, 11) is 5.48. The third-order valence-corrected chi connectivity index (χ3v) is 5.10. The minimum absolute atomic E-state index is 0.856. The Hall–Kier alpha value is 0.500. The molecule has 0 bridgehead atoms. The monoisotopic (exact) mass is 197 g/mol. The molecule has 0 aliphatic carbocycles. The van der Waals surface area contributed by atoms with Gasteiger partial charge in [0.1, 0.15) is 0 Å². The average molecular weight is 197 g/mol. The Morgan fingerprint density at radius 1 is 1.55 bits per heavy atom. The van der Waals surface area contributed by atoms with Crippen molar-refractivity contribution in [3.05, 3.63) is 0 Å². The summed E-state index contributed by atoms with van der Waals surface area (Å²) in [4.78, 5) is 2.06. The topological polar surface area (TPSA) is 29.5 Å². The summed E-state index contributed by atoms with van der Waals surface area (Å²) in [5.41, 5.74) is 0. The molecule has 0 saturated carbocycles. The summed E-state index contributed by atoms with van der Waals surface area (Å²) >= 11 is 1.40. The van der Waals surface area contributed by atoms with Gasteiger partial charge in [-0.25, -0.2) is 0 Å². The number of rotatable bonds is 5. The second kappa shape index (κ2) is 5.20. The predicted octanol–water partition coefficient (Wildman–Crippen LogP) is 1.75. The van der Waals surface area contributed by atoms with E-state index in [1.807, 2.05) is 14.1 Å². The fraction of sp³-hybridized carbons (Fsp3) is 1.00. The van der Waals surface area contributed by atoms with E-state index in [2.05, 4.69) is 4.90 Å². The SMILES string of the molecule is COP(C)(=O)SCCN(C)C. The first kappa shape index (κ1) is 11.5. The van der Waals surface area contributed by atoms with Crippen LogP contribution in [0.25, 0.3) is 0 Å². The molecule has 3 nitrogen and oxygen atoms in total. The van der Waals surface area contributed by atoms with Crippen molar-refractivity contribution in [2.75, 3.05) is 40.2 Å². The minimum atomic E-state index is -2.34. The first-order chi connectivity index (χ1) is 4.98. The Kier molecular flexibility index (Phi) is 5.44. The van der Waals surface area contributed by atoms with Crippen LogP contribution in [-0.4, -0.2) is 45.1 Å². The molecular formula is C6H16NO2PS. The minimum Gasteiger partial charge on any atom is -0.325 e. The zero-order valence-electron chi connectivity index (χ0n) is 7.53. The molecule has 0 aromatic heterocycles. The van der Waals surface area contributed by atoms with Crippen molar-refractivity contribution in [3.8, 4) is 0 Å². The molecule has 0 aromatic rings.